The van der Waals surface area contributed by atoms with Gasteiger partial charge in [-0.2, -0.15) is 0 Å². The Balaban J connectivity index is 1.97. The van der Waals surface area contributed by atoms with Crippen LogP contribution >= 0.6 is 0 Å². The summed E-state index contributed by atoms with van der Waals surface area (Å²) < 4.78 is 0. The molecule has 2 N–H and O–H groups in total. The number of likely N-dealkylation sites (tertiary alicyclic amines) is 1. The predicted octanol–water partition coefficient (Wildman–Crippen LogP) is 1.92. The Morgan fingerprint density at radius 2 is 1.85 bits per heavy atom. The second-order valence-electron chi connectivity index (χ2n) is 7.94. The highest BCUT2D eigenvalue weighted by atomic mass is 16.3. The summed E-state index contributed by atoms with van der Waals surface area (Å²) in [5.41, 5.74) is 0.183. The first-order valence-corrected chi connectivity index (χ1v) is 7.92. The van der Waals surface area contributed by atoms with E-state index in [9.17, 15) is 9.90 Å². The van der Waals surface area contributed by atoms with E-state index in [1.165, 1.54) is 0 Å². The average Bonchev–Trinajstić information content (AvgIpc) is 2.71. The zero-order valence-electron chi connectivity index (χ0n) is 13.4. The summed E-state index contributed by atoms with van der Waals surface area (Å²) in [6.45, 7) is 9.81. The molecular weight excluding hydrogens is 252 g/mol. The van der Waals surface area contributed by atoms with E-state index in [1.807, 2.05) is 4.90 Å². The first kappa shape index (κ1) is 15.8. The lowest BCUT2D eigenvalue weighted by Crippen LogP contribution is -2.58. The van der Waals surface area contributed by atoms with E-state index in [1.54, 1.807) is 0 Å². The fraction of sp³-hybridized carbons (Fsp3) is 0.938. The van der Waals surface area contributed by atoms with Crippen LogP contribution in [0, 0.1) is 5.92 Å². The maximum Gasteiger partial charge on any atom is 0.223 e. The molecule has 2 rings (SSSR count). The van der Waals surface area contributed by atoms with Gasteiger partial charge < -0.3 is 15.3 Å². The second kappa shape index (κ2) is 5.64. The van der Waals surface area contributed by atoms with E-state index in [0.717, 1.165) is 32.2 Å². The molecule has 2 aliphatic rings. The van der Waals surface area contributed by atoms with Crippen molar-refractivity contribution in [1.82, 2.24) is 10.2 Å². The normalized spacial score (nSPS) is 29.6. The van der Waals surface area contributed by atoms with E-state index >= 15 is 0 Å². The number of aliphatic hydroxyl groups is 1. The van der Waals surface area contributed by atoms with E-state index in [2.05, 4.69) is 33.0 Å². The van der Waals surface area contributed by atoms with Gasteiger partial charge in [0.1, 0.15) is 0 Å². The molecule has 116 valence electrons. The van der Waals surface area contributed by atoms with Crippen LogP contribution in [0.25, 0.3) is 0 Å². The van der Waals surface area contributed by atoms with Gasteiger partial charge in [0, 0.05) is 24.0 Å². The van der Waals surface area contributed by atoms with Crippen molar-refractivity contribution in [2.75, 3.05) is 13.2 Å². The molecule has 1 amide bonds. The second-order valence-corrected chi connectivity index (χ2v) is 7.94. The van der Waals surface area contributed by atoms with Crippen LogP contribution in [0.3, 0.4) is 0 Å². The zero-order valence-corrected chi connectivity index (χ0v) is 13.4. The van der Waals surface area contributed by atoms with Crippen LogP contribution in [0.2, 0.25) is 0 Å². The number of rotatable bonds is 3. The summed E-state index contributed by atoms with van der Waals surface area (Å²) in [5.74, 6) is 0.675. The van der Waals surface area contributed by atoms with Crippen LogP contribution in [-0.4, -0.2) is 46.2 Å². The van der Waals surface area contributed by atoms with Crippen molar-refractivity contribution in [1.29, 1.82) is 0 Å². The van der Waals surface area contributed by atoms with Crippen molar-refractivity contribution in [3.8, 4) is 0 Å². The minimum atomic E-state index is 0.0604. The number of piperidine rings is 1. The molecule has 0 spiro atoms. The average molecular weight is 282 g/mol. The zero-order chi connectivity index (χ0) is 15.0. The molecule has 0 radical (unpaired) electrons. The summed E-state index contributed by atoms with van der Waals surface area (Å²) in [5, 5.41) is 13.0. The smallest absolute Gasteiger partial charge is 0.223 e. The number of hydrogen-bond acceptors (Lipinski definition) is 3. The number of carbonyl (C=O) groups excluding carboxylic acids is 1. The summed E-state index contributed by atoms with van der Waals surface area (Å²) in [6, 6.07) is 0.0604. The van der Waals surface area contributed by atoms with Crippen molar-refractivity contribution in [2.24, 2.45) is 5.92 Å². The summed E-state index contributed by atoms with van der Waals surface area (Å²) >= 11 is 0. The fourth-order valence-corrected chi connectivity index (χ4v) is 4.40. The number of carbonyl (C=O) groups is 1. The van der Waals surface area contributed by atoms with Gasteiger partial charge in [0.15, 0.2) is 0 Å². The molecule has 2 saturated heterocycles. The topological polar surface area (TPSA) is 52.6 Å². The van der Waals surface area contributed by atoms with Crippen molar-refractivity contribution < 1.29 is 9.90 Å². The van der Waals surface area contributed by atoms with Crippen LogP contribution in [0.1, 0.15) is 59.8 Å². The van der Waals surface area contributed by atoms with Crippen LogP contribution in [0.5, 0.6) is 0 Å². The Labute approximate surface area is 122 Å². The lowest BCUT2D eigenvalue weighted by atomic mass is 9.74. The molecular formula is C16H30N2O2. The largest absolute Gasteiger partial charge is 0.394 e. The minimum absolute atomic E-state index is 0.0604. The third kappa shape index (κ3) is 3.73. The number of nitrogens with one attached hydrogen (secondary N) is 1. The van der Waals surface area contributed by atoms with Gasteiger partial charge in [0.25, 0.3) is 0 Å². The van der Waals surface area contributed by atoms with Gasteiger partial charge in [0.2, 0.25) is 5.91 Å². The standard InChI is InChI=1S/C16H30N2O2/c1-15(2)9-12(10-16(3,4)17-15)8-14(20)18-7-5-6-13(18)11-19/h12-13,17,19H,5-11H2,1-4H3/t13-/m0/s1. The third-order valence-corrected chi connectivity index (χ3v) is 4.65. The van der Waals surface area contributed by atoms with E-state index in [4.69, 9.17) is 0 Å². The monoisotopic (exact) mass is 282 g/mol. The van der Waals surface area contributed by atoms with Gasteiger partial charge in [0.05, 0.1) is 12.6 Å². The number of hydrogen-bond donors (Lipinski definition) is 2. The Morgan fingerprint density at radius 1 is 1.25 bits per heavy atom. The van der Waals surface area contributed by atoms with Crippen LogP contribution in [-0.2, 0) is 4.79 Å². The molecule has 0 saturated carbocycles. The van der Waals surface area contributed by atoms with Crippen molar-refractivity contribution in [3.05, 3.63) is 0 Å². The number of amides is 1. The molecule has 0 unspecified atom stereocenters. The van der Waals surface area contributed by atoms with Gasteiger partial charge in [-0.15, -0.1) is 0 Å². The lowest BCUT2D eigenvalue weighted by Gasteiger charge is -2.46. The summed E-state index contributed by atoms with van der Waals surface area (Å²) in [6.07, 6.45) is 4.69. The maximum absolute atomic E-state index is 12.5. The molecule has 0 aliphatic carbocycles. The predicted molar refractivity (Wildman–Crippen MR) is 80.5 cm³/mol. The molecule has 1 atom stereocenters. The molecule has 0 bridgehead atoms. The van der Waals surface area contributed by atoms with Gasteiger partial charge in [-0.1, -0.05) is 0 Å². The highest BCUT2D eigenvalue weighted by Gasteiger charge is 2.39. The van der Waals surface area contributed by atoms with E-state index in [-0.39, 0.29) is 29.6 Å². The lowest BCUT2D eigenvalue weighted by molar-refractivity contribution is -0.134. The van der Waals surface area contributed by atoms with Crippen LogP contribution in [0.4, 0.5) is 0 Å². The molecule has 4 heteroatoms. The van der Waals surface area contributed by atoms with Crippen molar-refractivity contribution >= 4 is 5.91 Å². The Morgan fingerprint density at radius 3 is 2.40 bits per heavy atom. The Hall–Kier alpha value is -0.610. The molecule has 2 fully saturated rings. The van der Waals surface area contributed by atoms with Crippen LogP contribution in [0.15, 0.2) is 0 Å². The third-order valence-electron chi connectivity index (χ3n) is 4.65. The number of aliphatic hydroxyl groups excluding tert-OH is 1. The summed E-state index contributed by atoms with van der Waals surface area (Å²) in [4.78, 5) is 14.4. The molecule has 2 heterocycles. The fourth-order valence-electron chi connectivity index (χ4n) is 4.40. The first-order valence-electron chi connectivity index (χ1n) is 7.92. The molecule has 0 aromatic rings. The Bertz CT molecular complexity index is 349. The quantitative estimate of drug-likeness (QED) is 0.831. The number of nitrogens with zero attached hydrogens (tertiary/aromatic N) is 1. The Kier molecular flexibility index (Phi) is 4.45. The molecule has 4 nitrogen and oxygen atoms in total. The van der Waals surface area contributed by atoms with Crippen LogP contribution < -0.4 is 5.32 Å². The highest BCUT2D eigenvalue weighted by Crippen LogP contribution is 2.35. The molecule has 0 aromatic heterocycles. The van der Waals surface area contributed by atoms with Crippen molar-refractivity contribution in [3.63, 3.8) is 0 Å². The van der Waals surface area contributed by atoms with Gasteiger partial charge >= 0.3 is 0 Å². The molecule has 0 aromatic carbocycles. The molecule has 2 aliphatic heterocycles. The van der Waals surface area contributed by atoms with E-state index < -0.39 is 0 Å². The van der Waals surface area contributed by atoms with E-state index in [0.29, 0.717) is 12.3 Å². The maximum atomic E-state index is 12.5. The van der Waals surface area contributed by atoms with Crippen molar-refractivity contribution in [2.45, 2.75) is 76.9 Å². The minimum Gasteiger partial charge on any atom is -0.394 e. The first-order chi connectivity index (χ1) is 9.22. The van der Waals surface area contributed by atoms with Gasteiger partial charge in [-0.3, -0.25) is 4.79 Å². The highest BCUT2D eigenvalue weighted by molar-refractivity contribution is 5.77. The molecule has 20 heavy (non-hydrogen) atoms. The van der Waals surface area contributed by atoms with Gasteiger partial charge in [-0.05, 0) is 59.3 Å². The SMILES string of the molecule is CC1(C)CC(CC(=O)N2CCC[C@H]2CO)CC(C)(C)N1. The summed E-state index contributed by atoms with van der Waals surface area (Å²) in [7, 11) is 0. The van der Waals surface area contributed by atoms with Gasteiger partial charge in [-0.25, -0.2) is 0 Å².